The van der Waals surface area contributed by atoms with Gasteiger partial charge in [-0.05, 0) is 36.3 Å². The molecule has 0 aliphatic carbocycles. The van der Waals surface area contributed by atoms with Gasteiger partial charge in [0.25, 0.3) is 5.91 Å². The minimum Gasteiger partial charge on any atom is -0.497 e. The van der Waals surface area contributed by atoms with E-state index in [0.29, 0.717) is 5.75 Å². The highest BCUT2D eigenvalue weighted by atomic mass is 16.5. The molecular formula is C19H18N2O3. The van der Waals surface area contributed by atoms with E-state index in [2.05, 4.69) is 5.32 Å². The molecule has 3 amide bonds. The number of rotatable bonds is 4. The average Bonchev–Trinajstić information content (AvgIpc) is 2.84. The van der Waals surface area contributed by atoms with Gasteiger partial charge >= 0.3 is 6.03 Å². The van der Waals surface area contributed by atoms with Crippen molar-refractivity contribution in [3.8, 4) is 5.75 Å². The van der Waals surface area contributed by atoms with E-state index >= 15 is 0 Å². The van der Waals surface area contributed by atoms with E-state index in [4.69, 9.17) is 4.74 Å². The van der Waals surface area contributed by atoms with Gasteiger partial charge < -0.3 is 10.1 Å². The summed E-state index contributed by atoms with van der Waals surface area (Å²) in [6, 6.07) is 14.6. The molecule has 0 radical (unpaired) electrons. The highest BCUT2D eigenvalue weighted by Gasteiger charge is 2.33. The van der Waals surface area contributed by atoms with Crippen molar-refractivity contribution in [2.75, 3.05) is 7.11 Å². The molecule has 2 aromatic rings. The number of ether oxygens (including phenoxy) is 1. The van der Waals surface area contributed by atoms with Crippen molar-refractivity contribution in [1.29, 1.82) is 0 Å². The molecule has 0 bridgehead atoms. The maximum Gasteiger partial charge on any atom is 0.329 e. The molecule has 5 nitrogen and oxygen atoms in total. The molecular weight excluding hydrogens is 304 g/mol. The number of methoxy groups -OCH3 is 1. The third-order valence-corrected chi connectivity index (χ3v) is 3.83. The number of hydrogen-bond donors (Lipinski definition) is 1. The van der Waals surface area contributed by atoms with Crippen LogP contribution in [-0.4, -0.2) is 23.9 Å². The topological polar surface area (TPSA) is 58.6 Å². The number of urea groups is 1. The zero-order valence-corrected chi connectivity index (χ0v) is 13.6. The number of aryl methyl sites for hydroxylation is 1. The monoisotopic (exact) mass is 322 g/mol. The number of carbonyl (C=O) groups is 2. The standard InChI is InChI=1S/C19H18N2O3/c1-13-6-8-14(9-7-13)12-21-18(22)17(20-19(21)23)11-15-4-3-5-16(10-15)24-2/h3-11H,12H2,1-2H3,(H,20,23)/b17-11+. The molecule has 1 N–H and O–H groups in total. The number of imide groups is 1. The fourth-order valence-corrected chi connectivity index (χ4v) is 2.49. The van der Waals surface area contributed by atoms with Gasteiger partial charge in [-0.15, -0.1) is 0 Å². The van der Waals surface area contributed by atoms with Crippen molar-refractivity contribution in [3.63, 3.8) is 0 Å². The number of carbonyl (C=O) groups excluding carboxylic acids is 2. The molecule has 1 saturated heterocycles. The van der Waals surface area contributed by atoms with E-state index in [1.54, 1.807) is 19.3 Å². The van der Waals surface area contributed by atoms with E-state index in [0.717, 1.165) is 16.7 Å². The van der Waals surface area contributed by atoms with Crippen LogP contribution in [0, 0.1) is 6.92 Å². The van der Waals surface area contributed by atoms with E-state index in [1.165, 1.54) is 4.90 Å². The zero-order valence-electron chi connectivity index (χ0n) is 13.6. The van der Waals surface area contributed by atoms with Gasteiger partial charge in [-0.25, -0.2) is 4.79 Å². The van der Waals surface area contributed by atoms with Crippen molar-refractivity contribution >= 4 is 18.0 Å². The lowest BCUT2D eigenvalue weighted by molar-refractivity contribution is -0.123. The largest absolute Gasteiger partial charge is 0.497 e. The Morgan fingerprint density at radius 2 is 1.88 bits per heavy atom. The van der Waals surface area contributed by atoms with Crippen molar-refractivity contribution in [2.24, 2.45) is 0 Å². The second kappa shape index (κ2) is 6.58. The maximum absolute atomic E-state index is 12.5. The van der Waals surface area contributed by atoms with Gasteiger partial charge in [-0.3, -0.25) is 9.69 Å². The number of hydrogen-bond acceptors (Lipinski definition) is 3. The first-order valence-electron chi connectivity index (χ1n) is 7.61. The number of nitrogens with one attached hydrogen (secondary N) is 1. The Morgan fingerprint density at radius 1 is 1.12 bits per heavy atom. The quantitative estimate of drug-likeness (QED) is 0.695. The van der Waals surface area contributed by atoms with Gasteiger partial charge in [0.15, 0.2) is 0 Å². The zero-order chi connectivity index (χ0) is 17.1. The Morgan fingerprint density at radius 3 is 2.58 bits per heavy atom. The fourth-order valence-electron chi connectivity index (χ4n) is 2.49. The summed E-state index contributed by atoms with van der Waals surface area (Å²) in [6.07, 6.45) is 1.65. The average molecular weight is 322 g/mol. The lowest BCUT2D eigenvalue weighted by atomic mass is 10.1. The van der Waals surface area contributed by atoms with Gasteiger partial charge in [0.05, 0.1) is 13.7 Å². The Hall–Kier alpha value is -3.08. The van der Waals surface area contributed by atoms with Crippen LogP contribution < -0.4 is 10.1 Å². The van der Waals surface area contributed by atoms with Crippen LogP contribution in [0.4, 0.5) is 4.79 Å². The SMILES string of the molecule is COc1cccc(/C=C2/NC(=O)N(Cc3ccc(C)cc3)C2=O)c1. The van der Waals surface area contributed by atoms with Crippen LogP contribution in [0.15, 0.2) is 54.2 Å². The third kappa shape index (κ3) is 3.30. The molecule has 1 aliphatic heterocycles. The predicted molar refractivity (Wildman–Crippen MR) is 91.2 cm³/mol. The number of benzene rings is 2. The Bertz CT molecular complexity index is 810. The summed E-state index contributed by atoms with van der Waals surface area (Å²) in [6.45, 7) is 2.24. The van der Waals surface area contributed by atoms with Crippen molar-refractivity contribution < 1.29 is 14.3 Å². The highest BCUT2D eigenvalue weighted by molar-refractivity contribution is 6.13. The number of amides is 3. The Kier molecular flexibility index (Phi) is 4.33. The van der Waals surface area contributed by atoms with Crippen molar-refractivity contribution in [1.82, 2.24) is 10.2 Å². The van der Waals surface area contributed by atoms with Crippen LogP contribution >= 0.6 is 0 Å². The summed E-state index contributed by atoms with van der Waals surface area (Å²) in [5.41, 5.74) is 3.09. The van der Waals surface area contributed by atoms with Crippen molar-refractivity contribution in [3.05, 3.63) is 70.9 Å². The predicted octanol–water partition coefficient (Wildman–Crippen LogP) is 3.10. The van der Waals surface area contributed by atoms with Crippen LogP contribution in [0.3, 0.4) is 0 Å². The molecule has 3 rings (SSSR count). The summed E-state index contributed by atoms with van der Waals surface area (Å²) in [5, 5.41) is 2.63. The molecule has 24 heavy (non-hydrogen) atoms. The molecule has 0 atom stereocenters. The van der Waals surface area contributed by atoms with Gasteiger partial charge in [0.2, 0.25) is 0 Å². The van der Waals surface area contributed by atoms with E-state index in [1.807, 2.05) is 49.4 Å². The van der Waals surface area contributed by atoms with E-state index in [-0.39, 0.29) is 18.1 Å². The second-order valence-electron chi connectivity index (χ2n) is 5.64. The molecule has 0 unspecified atom stereocenters. The highest BCUT2D eigenvalue weighted by Crippen LogP contribution is 2.19. The lowest BCUT2D eigenvalue weighted by Crippen LogP contribution is -2.30. The molecule has 0 saturated carbocycles. The van der Waals surface area contributed by atoms with Crippen LogP contribution in [0.1, 0.15) is 16.7 Å². The number of nitrogens with zero attached hydrogens (tertiary/aromatic N) is 1. The molecule has 0 spiro atoms. The first-order chi connectivity index (χ1) is 11.6. The van der Waals surface area contributed by atoms with E-state index in [9.17, 15) is 9.59 Å². The first kappa shape index (κ1) is 15.8. The van der Waals surface area contributed by atoms with Crippen LogP contribution in [-0.2, 0) is 11.3 Å². The first-order valence-corrected chi connectivity index (χ1v) is 7.61. The van der Waals surface area contributed by atoms with Crippen LogP contribution in [0.5, 0.6) is 5.75 Å². The summed E-state index contributed by atoms with van der Waals surface area (Å²) >= 11 is 0. The van der Waals surface area contributed by atoms with Gasteiger partial charge in [0.1, 0.15) is 11.4 Å². The second-order valence-corrected chi connectivity index (χ2v) is 5.64. The van der Waals surface area contributed by atoms with E-state index < -0.39 is 6.03 Å². The molecule has 5 heteroatoms. The lowest BCUT2D eigenvalue weighted by Gasteiger charge is -2.11. The fraction of sp³-hybridized carbons (Fsp3) is 0.158. The summed E-state index contributed by atoms with van der Waals surface area (Å²) < 4.78 is 5.17. The van der Waals surface area contributed by atoms with Crippen molar-refractivity contribution in [2.45, 2.75) is 13.5 Å². The third-order valence-electron chi connectivity index (χ3n) is 3.83. The summed E-state index contributed by atoms with van der Waals surface area (Å²) in [5.74, 6) is 0.362. The van der Waals surface area contributed by atoms with Gasteiger partial charge in [-0.1, -0.05) is 42.0 Å². The maximum atomic E-state index is 12.5. The van der Waals surface area contributed by atoms with Crippen LogP contribution in [0.2, 0.25) is 0 Å². The molecule has 122 valence electrons. The van der Waals surface area contributed by atoms with Gasteiger partial charge in [-0.2, -0.15) is 0 Å². The van der Waals surface area contributed by atoms with Gasteiger partial charge in [0, 0.05) is 0 Å². The Labute approximate surface area is 140 Å². The molecule has 1 aliphatic rings. The molecule has 1 heterocycles. The minimum atomic E-state index is -0.408. The Balaban J connectivity index is 1.80. The summed E-state index contributed by atoms with van der Waals surface area (Å²) in [7, 11) is 1.58. The molecule has 0 aromatic heterocycles. The summed E-state index contributed by atoms with van der Waals surface area (Å²) in [4.78, 5) is 25.8. The minimum absolute atomic E-state index is 0.250. The smallest absolute Gasteiger partial charge is 0.329 e. The molecule has 2 aromatic carbocycles. The normalized spacial score (nSPS) is 15.8. The van der Waals surface area contributed by atoms with Crippen LogP contribution in [0.25, 0.3) is 6.08 Å². The molecule has 1 fully saturated rings.